The summed E-state index contributed by atoms with van der Waals surface area (Å²) >= 11 is 0. The van der Waals surface area contributed by atoms with E-state index in [1.807, 2.05) is 11.9 Å². The average Bonchev–Trinajstić information content (AvgIpc) is 2.53. The number of amides is 1. The molecule has 0 radical (unpaired) electrons. The molecular weight excluding hydrogens is 276 g/mol. The van der Waals surface area contributed by atoms with Crippen molar-refractivity contribution in [3.63, 3.8) is 0 Å². The van der Waals surface area contributed by atoms with Crippen molar-refractivity contribution in [3.8, 4) is 0 Å². The molecule has 0 spiro atoms. The van der Waals surface area contributed by atoms with Gasteiger partial charge in [0.1, 0.15) is 0 Å². The number of carbonyl (C=O) groups is 1. The number of likely N-dealkylation sites (tertiary alicyclic amines) is 1. The van der Waals surface area contributed by atoms with Crippen LogP contribution < -0.4 is 0 Å². The van der Waals surface area contributed by atoms with Gasteiger partial charge in [0, 0.05) is 13.6 Å². The molecule has 0 saturated carbocycles. The predicted molar refractivity (Wildman–Crippen MR) is 86.6 cm³/mol. The summed E-state index contributed by atoms with van der Waals surface area (Å²) in [6, 6.07) is 8.69. The van der Waals surface area contributed by atoms with Gasteiger partial charge in [0.15, 0.2) is 0 Å². The minimum absolute atomic E-state index is 0.163. The highest BCUT2D eigenvalue weighted by Crippen LogP contribution is 2.33. The highest BCUT2D eigenvalue weighted by Gasteiger charge is 2.28. The summed E-state index contributed by atoms with van der Waals surface area (Å²) in [6.07, 6.45) is 4.86. The molecule has 4 heteroatoms. The van der Waals surface area contributed by atoms with Crippen LogP contribution in [0.3, 0.4) is 0 Å². The highest BCUT2D eigenvalue weighted by molar-refractivity contribution is 5.78. The van der Waals surface area contributed by atoms with Gasteiger partial charge in [0.2, 0.25) is 5.91 Å². The lowest BCUT2D eigenvalue weighted by Gasteiger charge is -2.36. The maximum Gasteiger partial charge on any atom is 0.237 e. The van der Waals surface area contributed by atoms with Crippen molar-refractivity contribution < 1.29 is 9.90 Å². The molecule has 1 heterocycles. The Kier molecular flexibility index (Phi) is 4.79. The van der Waals surface area contributed by atoms with Crippen LogP contribution in [0.2, 0.25) is 0 Å². The van der Waals surface area contributed by atoms with E-state index in [0.717, 1.165) is 38.6 Å². The molecule has 2 unspecified atom stereocenters. The van der Waals surface area contributed by atoms with E-state index in [9.17, 15) is 9.90 Å². The molecule has 0 aromatic heterocycles. The third-order valence-electron chi connectivity index (χ3n) is 5.04. The first-order chi connectivity index (χ1) is 10.6. The molecule has 4 nitrogen and oxygen atoms in total. The number of rotatable bonds is 3. The second kappa shape index (κ2) is 6.80. The Bertz CT molecular complexity index is 532. The van der Waals surface area contributed by atoms with Gasteiger partial charge in [-0.1, -0.05) is 24.3 Å². The smallest absolute Gasteiger partial charge is 0.237 e. The minimum Gasteiger partial charge on any atom is -0.392 e. The Balaban J connectivity index is 1.66. The first-order valence-electron chi connectivity index (χ1n) is 8.39. The first kappa shape index (κ1) is 15.5. The number of hydrogen-bond donors (Lipinski definition) is 1. The van der Waals surface area contributed by atoms with E-state index in [2.05, 4.69) is 29.2 Å². The average molecular weight is 302 g/mol. The molecule has 1 N–H and O–H groups in total. The Morgan fingerprint density at radius 3 is 2.95 bits per heavy atom. The van der Waals surface area contributed by atoms with Crippen LogP contribution in [0.1, 0.15) is 42.9 Å². The van der Waals surface area contributed by atoms with Crippen LogP contribution in [0.15, 0.2) is 24.3 Å². The fourth-order valence-corrected chi connectivity index (χ4v) is 3.78. The van der Waals surface area contributed by atoms with E-state index in [1.54, 1.807) is 0 Å². The minimum atomic E-state index is -0.276. The van der Waals surface area contributed by atoms with E-state index < -0.39 is 0 Å². The third-order valence-corrected chi connectivity index (χ3v) is 5.04. The monoisotopic (exact) mass is 302 g/mol. The SMILES string of the molecule is CN(C(=O)CN1CCCC(O)C1)C1CCCc2ccccc21. The van der Waals surface area contributed by atoms with Gasteiger partial charge >= 0.3 is 0 Å². The number of fused-ring (bicyclic) bond motifs is 1. The van der Waals surface area contributed by atoms with E-state index in [1.165, 1.54) is 11.1 Å². The summed E-state index contributed by atoms with van der Waals surface area (Å²) in [7, 11) is 1.93. The zero-order chi connectivity index (χ0) is 15.5. The number of nitrogens with zero attached hydrogens (tertiary/aromatic N) is 2. The molecular formula is C18H26N2O2. The molecule has 1 aliphatic heterocycles. The number of benzene rings is 1. The van der Waals surface area contributed by atoms with Crippen molar-refractivity contribution in [3.05, 3.63) is 35.4 Å². The molecule has 1 amide bonds. The van der Waals surface area contributed by atoms with Crippen molar-refractivity contribution in [1.82, 2.24) is 9.80 Å². The Morgan fingerprint density at radius 1 is 1.32 bits per heavy atom. The molecule has 3 rings (SSSR count). The molecule has 1 aromatic carbocycles. The van der Waals surface area contributed by atoms with Gasteiger partial charge in [0.05, 0.1) is 18.7 Å². The van der Waals surface area contributed by atoms with Crippen molar-refractivity contribution >= 4 is 5.91 Å². The molecule has 22 heavy (non-hydrogen) atoms. The zero-order valence-corrected chi connectivity index (χ0v) is 13.4. The molecule has 1 saturated heterocycles. The molecule has 120 valence electrons. The van der Waals surface area contributed by atoms with Crippen LogP contribution in [0.5, 0.6) is 0 Å². The first-order valence-corrected chi connectivity index (χ1v) is 8.39. The quantitative estimate of drug-likeness (QED) is 0.928. The lowest BCUT2D eigenvalue weighted by Crippen LogP contribution is -2.45. The van der Waals surface area contributed by atoms with Crippen LogP contribution in [0.4, 0.5) is 0 Å². The number of aliphatic hydroxyl groups is 1. The van der Waals surface area contributed by atoms with Gasteiger partial charge < -0.3 is 10.0 Å². The second-order valence-corrected chi connectivity index (χ2v) is 6.64. The van der Waals surface area contributed by atoms with E-state index in [4.69, 9.17) is 0 Å². The van der Waals surface area contributed by atoms with Crippen LogP contribution in [0.25, 0.3) is 0 Å². The maximum atomic E-state index is 12.6. The van der Waals surface area contributed by atoms with Crippen LogP contribution in [-0.4, -0.2) is 53.6 Å². The van der Waals surface area contributed by atoms with Crippen molar-refractivity contribution in [1.29, 1.82) is 0 Å². The summed E-state index contributed by atoms with van der Waals surface area (Å²) in [6.45, 7) is 1.96. The Morgan fingerprint density at radius 2 is 2.14 bits per heavy atom. The summed E-state index contributed by atoms with van der Waals surface area (Å²) < 4.78 is 0. The Labute approximate surface area is 132 Å². The van der Waals surface area contributed by atoms with E-state index >= 15 is 0 Å². The Hall–Kier alpha value is -1.39. The molecule has 0 bridgehead atoms. The van der Waals surface area contributed by atoms with Gasteiger partial charge in [0.25, 0.3) is 0 Å². The lowest BCUT2D eigenvalue weighted by atomic mass is 9.87. The highest BCUT2D eigenvalue weighted by atomic mass is 16.3. The fourth-order valence-electron chi connectivity index (χ4n) is 3.78. The summed E-state index contributed by atoms with van der Waals surface area (Å²) in [5.41, 5.74) is 2.69. The van der Waals surface area contributed by atoms with Gasteiger partial charge in [-0.2, -0.15) is 0 Å². The topological polar surface area (TPSA) is 43.8 Å². The summed E-state index contributed by atoms with van der Waals surface area (Å²) in [5.74, 6) is 0.163. The molecule has 1 fully saturated rings. The van der Waals surface area contributed by atoms with Crippen LogP contribution >= 0.6 is 0 Å². The van der Waals surface area contributed by atoms with Gasteiger partial charge in [-0.25, -0.2) is 0 Å². The van der Waals surface area contributed by atoms with Gasteiger partial charge in [-0.05, 0) is 49.8 Å². The number of hydrogen-bond acceptors (Lipinski definition) is 3. The lowest BCUT2D eigenvalue weighted by molar-refractivity contribution is -0.134. The third kappa shape index (κ3) is 3.33. The zero-order valence-electron chi connectivity index (χ0n) is 13.4. The van der Waals surface area contributed by atoms with E-state index in [-0.39, 0.29) is 18.1 Å². The number of aryl methyl sites for hydroxylation is 1. The van der Waals surface area contributed by atoms with Gasteiger partial charge in [-0.3, -0.25) is 9.69 Å². The maximum absolute atomic E-state index is 12.6. The largest absolute Gasteiger partial charge is 0.392 e. The van der Waals surface area contributed by atoms with Crippen molar-refractivity contribution in [2.24, 2.45) is 0 Å². The summed E-state index contributed by atoms with van der Waals surface area (Å²) in [5, 5.41) is 9.74. The number of β-amino-alcohol motifs (C(OH)–C–C–N with tert-alkyl or cyclic N) is 1. The molecule has 1 aromatic rings. The fraction of sp³-hybridized carbons (Fsp3) is 0.611. The van der Waals surface area contributed by atoms with Crippen LogP contribution in [-0.2, 0) is 11.2 Å². The summed E-state index contributed by atoms with van der Waals surface area (Å²) in [4.78, 5) is 16.6. The number of piperidine rings is 1. The molecule has 2 atom stereocenters. The second-order valence-electron chi connectivity index (χ2n) is 6.64. The van der Waals surface area contributed by atoms with Crippen LogP contribution in [0, 0.1) is 0 Å². The van der Waals surface area contributed by atoms with Gasteiger partial charge in [-0.15, -0.1) is 0 Å². The standard InChI is InChI=1S/C18H26N2O2/c1-19(18(22)13-20-11-5-8-15(21)12-20)17-10-4-7-14-6-2-3-9-16(14)17/h2-3,6,9,15,17,21H,4-5,7-8,10-13H2,1H3. The van der Waals surface area contributed by atoms with Crippen molar-refractivity contribution in [2.75, 3.05) is 26.7 Å². The number of likely N-dealkylation sites (N-methyl/N-ethyl adjacent to an activating group) is 1. The molecule has 2 aliphatic rings. The number of carbonyl (C=O) groups excluding carboxylic acids is 1. The van der Waals surface area contributed by atoms with E-state index in [0.29, 0.717) is 13.1 Å². The molecule has 1 aliphatic carbocycles. The normalized spacial score (nSPS) is 25.5. The van der Waals surface area contributed by atoms with Crippen molar-refractivity contribution in [2.45, 2.75) is 44.2 Å². The predicted octanol–water partition coefficient (Wildman–Crippen LogP) is 1.98. The number of aliphatic hydroxyl groups excluding tert-OH is 1.